The summed E-state index contributed by atoms with van der Waals surface area (Å²) < 4.78 is 0. The zero-order valence-corrected chi connectivity index (χ0v) is 12.1. The molecule has 1 aliphatic carbocycles. The van der Waals surface area contributed by atoms with Gasteiger partial charge in [-0.3, -0.25) is 4.79 Å². The molecule has 1 aliphatic rings. The summed E-state index contributed by atoms with van der Waals surface area (Å²) in [6.45, 7) is 0.808. The smallest absolute Gasteiger partial charge is 0.251 e. The van der Waals surface area contributed by atoms with Gasteiger partial charge >= 0.3 is 0 Å². The minimum atomic E-state index is -0.105. The zero-order valence-electron chi connectivity index (χ0n) is 12.1. The number of nitrogen functional groups attached to an aromatic ring is 1. The average molecular weight is 277 g/mol. The van der Waals surface area contributed by atoms with Gasteiger partial charge in [-0.2, -0.15) is 0 Å². The molecule has 110 valence electrons. The molecule has 0 spiro atoms. The lowest BCUT2D eigenvalue weighted by molar-refractivity contribution is 0.0941. The maximum absolute atomic E-state index is 12.1. The third-order valence-electron chi connectivity index (χ3n) is 3.99. The van der Waals surface area contributed by atoms with Gasteiger partial charge in [0.2, 0.25) is 0 Å². The Morgan fingerprint density at radius 3 is 2.65 bits per heavy atom. The van der Waals surface area contributed by atoms with Crippen LogP contribution in [0.1, 0.15) is 29.6 Å². The van der Waals surface area contributed by atoms with E-state index >= 15 is 0 Å². The summed E-state index contributed by atoms with van der Waals surface area (Å²) in [5.74, 6) is -0.105. The van der Waals surface area contributed by atoms with Crippen LogP contribution in [0.2, 0.25) is 0 Å². The Morgan fingerprint density at radius 2 is 2.15 bits per heavy atom. The molecule has 0 heterocycles. The standard InChI is InChI=1S/C15H23N3O2/c1-18(2)13-4-3-11(9-12(13)16)14(20)17-10-15(5-6-15)7-8-19/h3-4,9,19H,5-8,10,16H2,1-2H3,(H,17,20). The third-order valence-corrected chi connectivity index (χ3v) is 3.99. The van der Waals surface area contributed by atoms with E-state index < -0.39 is 0 Å². The van der Waals surface area contributed by atoms with Crippen molar-refractivity contribution in [1.82, 2.24) is 5.32 Å². The number of benzene rings is 1. The van der Waals surface area contributed by atoms with Gasteiger partial charge in [-0.05, 0) is 42.9 Å². The van der Waals surface area contributed by atoms with Crippen LogP contribution in [-0.2, 0) is 0 Å². The fraction of sp³-hybridized carbons (Fsp3) is 0.533. The number of carbonyl (C=O) groups excluding carboxylic acids is 1. The molecule has 0 aromatic heterocycles. The van der Waals surface area contributed by atoms with E-state index in [9.17, 15) is 4.79 Å². The van der Waals surface area contributed by atoms with Crippen LogP contribution < -0.4 is 16.0 Å². The van der Waals surface area contributed by atoms with E-state index in [4.69, 9.17) is 10.8 Å². The normalized spacial score (nSPS) is 15.8. The van der Waals surface area contributed by atoms with E-state index in [1.54, 1.807) is 12.1 Å². The van der Waals surface area contributed by atoms with Crippen molar-refractivity contribution in [2.75, 3.05) is 37.9 Å². The summed E-state index contributed by atoms with van der Waals surface area (Å²) >= 11 is 0. The predicted octanol–water partition coefficient (Wildman–Crippen LogP) is 1.23. The minimum Gasteiger partial charge on any atom is -0.397 e. The fourth-order valence-electron chi connectivity index (χ4n) is 2.40. The molecular formula is C15H23N3O2. The molecule has 1 saturated carbocycles. The Bertz CT molecular complexity index is 496. The summed E-state index contributed by atoms with van der Waals surface area (Å²) in [5, 5.41) is 12.0. The predicted molar refractivity (Wildman–Crippen MR) is 80.9 cm³/mol. The van der Waals surface area contributed by atoms with Gasteiger partial charge in [0.25, 0.3) is 5.91 Å². The average Bonchev–Trinajstić information content (AvgIpc) is 3.16. The van der Waals surface area contributed by atoms with E-state index in [-0.39, 0.29) is 17.9 Å². The number of nitrogens with one attached hydrogen (secondary N) is 1. The first kappa shape index (κ1) is 14.7. The largest absolute Gasteiger partial charge is 0.397 e. The maximum atomic E-state index is 12.1. The van der Waals surface area contributed by atoms with E-state index in [0.29, 0.717) is 17.8 Å². The Morgan fingerprint density at radius 1 is 1.45 bits per heavy atom. The van der Waals surface area contributed by atoms with Crippen molar-refractivity contribution >= 4 is 17.3 Å². The molecule has 0 bridgehead atoms. The molecule has 2 rings (SSSR count). The van der Waals surface area contributed by atoms with E-state index in [1.165, 1.54) is 0 Å². The van der Waals surface area contributed by atoms with Crippen LogP contribution in [0, 0.1) is 5.41 Å². The Kier molecular flexibility index (Phi) is 4.18. The minimum absolute atomic E-state index is 0.105. The van der Waals surface area contributed by atoms with Crippen LogP contribution in [0.25, 0.3) is 0 Å². The summed E-state index contributed by atoms with van der Waals surface area (Å²) in [7, 11) is 3.83. The molecule has 0 aliphatic heterocycles. The second-order valence-electron chi connectivity index (χ2n) is 5.82. The first-order valence-corrected chi connectivity index (χ1v) is 6.93. The maximum Gasteiger partial charge on any atom is 0.251 e. The van der Waals surface area contributed by atoms with Crippen molar-refractivity contribution in [1.29, 1.82) is 0 Å². The molecule has 1 aromatic rings. The number of nitrogens with two attached hydrogens (primary N) is 1. The number of anilines is 2. The van der Waals surface area contributed by atoms with Gasteiger partial charge in [0.05, 0.1) is 11.4 Å². The fourth-order valence-corrected chi connectivity index (χ4v) is 2.40. The van der Waals surface area contributed by atoms with Crippen LogP contribution in [-0.4, -0.2) is 38.3 Å². The summed E-state index contributed by atoms with van der Waals surface area (Å²) in [5.41, 5.74) is 8.15. The Balaban J connectivity index is 1.98. The van der Waals surface area contributed by atoms with Crippen molar-refractivity contribution in [3.05, 3.63) is 23.8 Å². The number of aliphatic hydroxyl groups excluding tert-OH is 1. The summed E-state index contributed by atoms with van der Waals surface area (Å²) in [6.07, 6.45) is 2.92. The highest BCUT2D eigenvalue weighted by molar-refractivity contribution is 5.96. The molecule has 4 N–H and O–H groups in total. The van der Waals surface area contributed by atoms with Gasteiger partial charge in [-0.15, -0.1) is 0 Å². The van der Waals surface area contributed by atoms with Gasteiger partial charge < -0.3 is 21.1 Å². The van der Waals surface area contributed by atoms with Crippen LogP contribution in [0.15, 0.2) is 18.2 Å². The summed E-state index contributed by atoms with van der Waals surface area (Å²) in [6, 6.07) is 5.34. The van der Waals surface area contributed by atoms with Gasteiger partial charge in [0.1, 0.15) is 0 Å². The monoisotopic (exact) mass is 277 g/mol. The number of nitrogens with zero attached hydrogens (tertiary/aromatic N) is 1. The van der Waals surface area contributed by atoms with Gasteiger partial charge in [0.15, 0.2) is 0 Å². The summed E-state index contributed by atoms with van der Waals surface area (Å²) in [4.78, 5) is 14.0. The number of rotatable bonds is 6. The van der Waals surface area contributed by atoms with Crippen LogP contribution in [0.4, 0.5) is 11.4 Å². The highest BCUT2D eigenvalue weighted by Gasteiger charge is 2.41. The molecule has 0 saturated heterocycles. The van der Waals surface area contributed by atoms with E-state index in [2.05, 4.69) is 5.32 Å². The molecular weight excluding hydrogens is 254 g/mol. The third kappa shape index (κ3) is 3.22. The molecule has 1 amide bonds. The van der Waals surface area contributed by atoms with E-state index in [1.807, 2.05) is 25.1 Å². The lowest BCUT2D eigenvalue weighted by atomic mass is 10.0. The number of aliphatic hydroxyl groups is 1. The van der Waals surface area contributed by atoms with Crippen molar-refractivity contribution in [2.45, 2.75) is 19.3 Å². The molecule has 1 fully saturated rings. The molecule has 0 radical (unpaired) electrons. The number of hydrogen-bond acceptors (Lipinski definition) is 4. The van der Waals surface area contributed by atoms with Crippen molar-refractivity contribution in [3.63, 3.8) is 0 Å². The first-order chi connectivity index (χ1) is 9.47. The van der Waals surface area contributed by atoms with Gasteiger partial charge in [0, 0.05) is 32.8 Å². The quantitative estimate of drug-likeness (QED) is 0.683. The zero-order chi connectivity index (χ0) is 14.8. The van der Waals surface area contributed by atoms with Crippen LogP contribution >= 0.6 is 0 Å². The second kappa shape index (κ2) is 5.71. The molecule has 0 unspecified atom stereocenters. The molecule has 20 heavy (non-hydrogen) atoms. The second-order valence-corrected chi connectivity index (χ2v) is 5.82. The number of amides is 1. The van der Waals surface area contributed by atoms with Crippen molar-refractivity contribution < 1.29 is 9.90 Å². The van der Waals surface area contributed by atoms with Gasteiger partial charge in [-0.1, -0.05) is 0 Å². The molecule has 0 atom stereocenters. The molecule has 1 aromatic carbocycles. The Hall–Kier alpha value is -1.75. The lowest BCUT2D eigenvalue weighted by Crippen LogP contribution is -2.30. The molecule has 5 heteroatoms. The Labute approximate surface area is 119 Å². The topological polar surface area (TPSA) is 78.6 Å². The van der Waals surface area contributed by atoms with Crippen LogP contribution in [0.3, 0.4) is 0 Å². The van der Waals surface area contributed by atoms with Gasteiger partial charge in [-0.25, -0.2) is 0 Å². The van der Waals surface area contributed by atoms with E-state index in [0.717, 1.165) is 24.9 Å². The number of carbonyl (C=O) groups is 1. The SMILES string of the molecule is CN(C)c1ccc(C(=O)NCC2(CCO)CC2)cc1N. The van der Waals surface area contributed by atoms with Crippen molar-refractivity contribution in [3.8, 4) is 0 Å². The number of hydrogen-bond donors (Lipinski definition) is 3. The van der Waals surface area contributed by atoms with Crippen molar-refractivity contribution in [2.24, 2.45) is 5.41 Å². The highest BCUT2D eigenvalue weighted by atomic mass is 16.3. The van der Waals surface area contributed by atoms with Crippen LogP contribution in [0.5, 0.6) is 0 Å². The lowest BCUT2D eigenvalue weighted by Gasteiger charge is -2.17. The highest BCUT2D eigenvalue weighted by Crippen LogP contribution is 2.47. The molecule has 5 nitrogen and oxygen atoms in total. The first-order valence-electron chi connectivity index (χ1n) is 6.93.